The highest BCUT2D eigenvalue weighted by Crippen LogP contribution is 2.32. The first-order valence-corrected chi connectivity index (χ1v) is 11.3. The number of pyridine rings is 1. The number of hydrogen-bond donors (Lipinski definition) is 1. The van der Waals surface area contributed by atoms with Gasteiger partial charge < -0.3 is 9.32 Å². The van der Waals surface area contributed by atoms with Crippen molar-refractivity contribution >= 4 is 38.4 Å². The summed E-state index contributed by atoms with van der Waals surface area (Å²) in [6.07, 6.45) is 3.74. The molecule has 0 bridgehead atoms. The first-order valence-electron chi connectivity index (χ1n) is 9.81. The van der Waals surface area contributed by atoms with Crippen molar-refractivity contribution < 1.29 is 17.6 Å². The normalized spacial score (nSPS) is 13.3. The van der Waals surface area contributed by atoms with Gasteiger partial charge in [0.15, 0.2) is 5.58 Å². The van der Waals surface area contributed by atoms with Gasteiger partial charge in [-0.1, -0.05) is 0 Å². The third-order valence-electron chi connectivity index (χ3n) is 5.45. The smallest absolute Gasteiger partial charge is 0.408 e. The highest BCUT2D eigenvalue weighted by atomic mass is 32.2. The fourth-order valence-electron chi connectivity index (χ4n) is 3.82. The van der Waals surface area contributed by atoms with E-state index in [1.54, 1.807) is 48.5 Å². The average Bonchev–Trinajstić information content (AvgIpc) is 3.33. The quantitative estimate of drug-likeness (QED) is 0.511. The molecule has 9 nitrogen and oxygen atoms in total. The van der Waals surface area contributed by atoms with E-state index in [2.05, 4.69) is 9.71 Å². The zero-order chi connectivity index (χ0) is 22.5. The summed E-state index contributed by atoms with van der Waals surface area (Å²) in [5.74, 6) is -0.714. The minimum Gasteiger partial charge on any atom is -0.408 e. The van der Waals surface area contributed by atoms with Gasteiger partial charge in [-0.25, -0.2) is 13.2 Å². The standard InChI is InChI=1S/C22H18N4O5S/c1-25-19-7-5-17(12-20(19)31-22(25)28)32(29,30)24-16-4-6-18-14(11-16)8-10-26(18)21(27)15-3-2-9-23-13-15/h2-7,9,11-13,24H,8,10H2,1H3. The van der Waals surface area contributed by atoms with Crippen LogP contribution < -0.4 is 15.4 Å². The molecule has 32 heavy (non-hydrogen) atoms. The van der Waals surface area contributed by atoms with Crippen LogP contribution in [0.2, 0.25) is 0 Å². The number of hydrogen-bond acceptors (Lipinski definition) is 6. The molecule has 1 amide bonds. The summed E-state index contributed by atoms with van der Waals surface area (Å²) in [7, 11) is -2.36. The number of aryl methyl sites for hydroxylation is 1. The Morgan fingerprint density at radius 2 is 2.00 bits per heavy atom. The number of benzene rings is 2. The maximum Gasteiger partial charge on any atom is 0.419 e. The van der Waals surface area contributed by atoms with Gasteiger partial charge in [-0.2, -0.15) is 0 Å². The van der Waals surface area contributed by atoms with Crippen molar-refractivity contribution in [2.75, 3.05) is 16.2 Å². The second-order valence-corrected chi connectivity index (χ2v) is 9.14. The molecule has 0 unspecified atom stereocenters. The first kappa shape index (κ1) is 20.0. The molecule has 0 fully saturated rings. The second-order valence-electron chi connectivity index (χ2n) is 7.45. The van der Waals surface area contributed by atoms with E-state index in [9.17, 15) is 18.0 Å². The molecule has 2 aromatic heterocycles. The Morgan fingerprint density at radius 1 is 1.16 bits per heavy atom. The summed E-state index contributed by atoms with van der Waals surface area (Å²) in [4.78, 5) is 30.1. The number of fused-ring (bicyclic) bond motifs is 2. The third-order valence-corrected chi connectivity index (χ3v) is 6.83. The molecule has 2 aromatic carbocycles. The molecule has 4 aromatic rings. The number of carbonyl (C=O) groups excluding carboxylic acids is 1. The number of nitrogens with zero attached hydrogens (tertiary/aromatic N) is 3. The maximum absolute atomic E-state index is 12.9. The zero-order valence-corrected chi connectivity index (χ0v) is 17.8. The van der Waals surface area contributed by atoms with Gasteiger partial charge in [-0.15, -0.1) is 0 Å². The molecule has 10 heteroatoms. The van der Waals surface area contributed by atoms with E-state index in [-0.39, 0.29) is 16.4 Å². The van der Waals surface area contributed by atoms with Crippen LogP contribution in [0.25, 0.3) is 11.1 Å². The van der Waals surface area contributed by atoms with Crippen molar-refractivity contribution in [3.05, 3.63) is 82.6 Å². The lowest BCUT2D eigenvalue weighted by molar-refractivity contribution is 0.0989. The topological polar surface area (TPSA) is 115 Å². The van der Waals surface area contributed by atoms with Gasteiger partial charge >= 0.3 is 5.76 Å². The molecular formula is C22H18N4O5S. The van der Waals surface area contributed by atoms with Crippen LogP contribution in [0.1, 0.15) is 15.9 Å². The number of rotatable bonds is 4. The van der Waals surface area contributed by atoms with Crippen LogP contribution in [0.15, 0.2) is 75.0 Å². The third kappa shape index (κ3) is 3.34. The predicted octanol–water partition coefficient (Wildman–Crippen LogP) is 2.53. The van der Waals surface area contributed by atoms with Gasteiger partial charge in [0.05, 0.1) is 16.0 Å². The maximum atomic E-state index is 12.9. The predicted molar refractivity (Wildman–Crippen MR) is 118 cm³/mol. The highest BCUT2D eigenvalue weighted by molar-refractivity contribution is 7.92. The van der Waals surface area contributed by atoms with Gasteiger partial charge in [0.25, 0.3) is 15.9 Å². The zero-order valence-electron chi connectivity index (χ0n) is 17.0. The lowest BCUT2D eigenvalue weighted by atomic mass is 10.1. The Kier molecular flexibility index (Phi) is 4.59. The molecule has 5 rings (SSSR count). The number of anilines is 2. The second kappa shape index (κ2) is 7.34. The van der Waals surface area contributed by atoms with E-state index >= 15 is 0 Å². The Morgan fingerprint density at radius 3 is 2.78 bits per heavy atom. The van der Waals surface area contributed by atoms with Crippen molar-refractivity contribution in [3.8, 4) is 0 Å². The van der Waals surface area contributed by atoms with E-state index in [1.165, 1.54) is 29.0 Å². The summed E-state index contributed by atoms with van der Waals surface area (Å²) < 4.78 is 34.7. The summed E-state index contributed by atoms with van der Waals surface area (Å²) in [6.45, 7) is 0.503. The van der Waals surface area contributed by atoms with Crippen LogP contribution in [-0.4, -0.2) is 30.4 Å². The molecule has 0 atom stereocenters. The van der Waals surface area contributed by atoms with E-state index in [0.717, 1.165) is 11.3 Å². The summed E-state index contributed by atoms with van der Waals surface area (Å²) >= 11 is 0. The van der Waals surface area contributed by atoms with Gasteiger partial charge in [0.2, 0.25) is 0 Å². The molecule has 1 N–H and O–H groups in total. The summed E-state index contributed by atoms with van der Waals surface area (Å²) in [5.41, 5.74) is 3.19. The molecule has 0 aliphatic carbocycles. The Bertz CT molecular complexity index is 1520. The molecule has 0 saturated heterocycles. The number of amides is 1. The average molecular weight is 450 g/mol. The van der Waals surface area contributed by atoms with E-state index in [4.69, 9.17) is 4.42 Å². The molecule has 0 radical (unpaired) electrons. The van der Waals surface area contributed by atoms with E-state index in [0.29, 0.717) is 29.7 Å². The van der Waals surface area contributed by atoms with Gasteiger partial charge in [-0.3, -0.25) is 19.1 Å². The minimum absolute atomic E-state index is 0.0202. The van der Waals surface area contributed by atoms with Crippen molar-refractivity contribution in [1.82, 2.24) is 9.55 Å². The number of nitrogens with one attached hydrogen (secondary N) is 1. The lowest BCUT2D eigenvalue weighted by Gasteiger charge is -2.17. The van der Waals surface area contributed by atoms with Crippen molar-refractivity contribution in [2.45, 2.75) is 11.3 Å². The lowest BCUT2D eigenvalue weighted by Crippen LogP contribution is -2.28. The van der Waals surface area contributed by atoms with E-state index in [1.807, 2.05) is 0 Å². The van der Waals surface area contributed by atoms with Crippen LogP contribution in [0.4, 0.5) is 11.4 Å². The van der Waals surface area contributed by atoms with Crippen molar-refractivity contribution in [1.29, 1.82) is 0 Å². The number of sulfonamides is 1. The summed E-state index contributed by atoms with van der Waals surface area (Å²) in [5, 5.41) is 0. The SMILES string of the molecule is Cn1c(=O)oc2cc(S(=O)(=O)Nc3ccc4c(c3)CCN4C(=O)c3cccnc3)ccc21. The number of carbonyl (C=O) groups is 1. The highest BCUT2D eigenvalue weighted by Gasteiger charge is 2.26. The first-order chi connectivity index (χ1) is 15.3. The van der Waals surface area contributed by atoms with Crippen LogP contribution in [0, 0.1) is 0 Å². The van der Waals surface area contributed by atoms with Crippen LogP contribution in [0.3, 0.4) is 0 Å². The largest absolute Gasteiger partial charge is 0.419 e. The van der Waals surface area contributed by atoms with Crippen LogP contribution in [-0.2, 0) is 23.5 Å². The van der Waals surface area contributed by atoms with Crippen molar-refractivity contribution in [3.63, 3.8) is 0 Å². The van der Waals surface area contributed by atoms with Crippen LogP contribution in [0.5, 0.6) is 0 Å². The number of oxazole rings is 1. The monoisotopic (exact) mass is 450 g/mol. The molecular weight excluding hydrogens is 432 g/mol. The van der Waals surface area contributed by atoms with Gasteiger partial charge in [0.1, 0.15) is 0 Å². The van der Waals surface area contributed by atoms with Gasteiger partial charge in [0, 0.05) is 43.4 Å². The molecule has 3 heterocycles. The molecule has 1 aliphatic heterocycles. The Hall–Kier alpha value is -3.92. The fourth-order valence-corrected chi connectivity index (χ4v) is 4.88. The van der Waals surface area contributed by atoms with E-state index < -0.39 is 15.8 Å². The molecule has 0 spiro atoms. The molecule has 162 valence electrons. The number of aromatic nitrogens is 2. The fraction of sp³-hybridized carbons (Fsp3) is 0.136. The molecule has 1 aliphatic rings. The summed E-state index contributed by atoms with van der Waals surface area (Å²) in [6, 6.07) is 12.8. The van der Waals surface area contributed by atoms with Gasteiger partial charge in [-0.05, 0) is 54.4 Å². The molecule has 0 saturated carbocycles. The van der Waals surface area contributed by atoms with Crippen molar-refractivity contribution in [2.24, 2.45) is 7.05 Å². The Balaban J connectivity index is 1.41. The Labute approximate surface area is 183 Å². The van der Waals surface area contributed by atoms with Crippen LogP contribution >= 0.6 is 0 Å². The minimum atomic E-state index is -3.91.